The minimum absolute atomic E-state index is 0.122. The van der Waals surface area contributed by atoms with E-state index in [0.29, 0.717) is 0 Å². The summed E-state index contributed by atoms with van der Waals surface area (Å²) in [6.07, 6.45) is -2.35. The molecule has 0 bridgehead atoms. The van der Waals surface area contributed by atoms with E-state index >= 15 is 0 Å². The Balaban J connectivity index is 2.48. The summed E-state index contributed by atoms with van der Waals surface area (Å²) in [5, 5.41) is 8.27. The first-order chi connectivity index (χ1) is 8.79. The highest BCUT2D eigenvalue weighted by Crippen LogP contribution is 2.35. The summed E-state index contributed by atoms with van der Waals surface area (Å²) in [7, 11) is 0. The van der Waals surface area contributed by atoms with Crippen LogP contribution in [0.3, 0.4) is 0 Å². The molecule has 0 unspecified atom stereocenters. The van der Waals surface area contributed by atoms with E-state index in [9.17, 15) is 18.0 Å². The number of aromatic nitrogens is 2. The molecule has 2 rings (SSSR count). The molecule has 4 nitrogen and oxygen atoms in total. The third kappa shape index (κ3) is 2.70. The van der Waals surface area contributed by atoms with E-state index in [1.165, 1.54) is 10.6 Å². The highest BCUT2D eigenvalue weighted by Gasteiger charge is 2.33. The van der Waals surface area contributed by atoms with E-state index in [-0.39, 0.29) is 11.4 Å². The summed E-state index contributed by atoms with van der Waals surface area (Å²) in [5.74, 6) is -1.26. The molecule has 0 spiro atoms. The highest BCUT2D eigenvalue weighted by molar-refractivity contribution is 6.31. The van der Waals surface area contributed by atoms with E-state index in [1.807, 2.05) is 0 Å². The molecular weight excluding hydrogens is 285 g/mol. The first-order valence-corrected chi connectivity index (χ1v) is 5.31. The Kier molecular flexibility index (Phi) is 3.23. The predicted octanol–water partition coefficient (Wildman–Crippen LogP) is 3.24. The Morgan fingerprint density at radius 2 is 2.05 bits per heavy atom. The summed E-state index contributed by atoms with van der Waals surface area (Å²) in [5.41, 5.74) is -1.13. The van der Waals surface area contributed by atoms with Crippen molar-refractivity contribution < 1.29 is 23.1 Å². The van der Waals surface area contributed by atoms with Crippen LogP contribution in [0.25, 0.3) is 5.69 Å². The van der Waals surface area contributed by atoms with Gasteiger partial charge in [0, 0.05) is 11.9 Å². The van der Waals surface area contributed by atoms with Crippen LogP contribution in [0.1, 0.15) is 16.1 Å². The quantitative estimate of drug-likeness (QED) is 0.924. The van der Waals surface area contributed by atoms with Crippen molar-refractivity contribution >= 4 is 17.6 Å². The number of hydrogen-bond donors (Lipinski definition) is 1. The molecule has 0 saturated carbocycles. The van der Waals surface area contributed by atoms with E-state index < -0.39 is 22.7 Å². The molecule has 0 radical (unpaired) electrons. The topological polar surface area (TPSA) is 55.1 Å². The lowest BCUT2D eigenvalue weighted by Crippen LogP contribution is -2.07. The Hall–Kier alpha value is -2.02. The van der Waals surface area contributed by atoms with Crippen molar-refractivity contribution in [3.63, 3.8) is 0 Å². The van der Waals surface area contributed by atoms with Gasteiger partial charge in [-0.15, -0.1) is 0 Å². The Labute approximate surface area is 110 Å². The van der Waals surface area contributed by atoms with Gasteiger partial charge in [0.25, 0.3) is 0 Å². The molecule has 0 amide bonds. The number of rotatable bonds is 2. The van der Waals surface area contributed by atoms with Gasteiger partial charge in [-0.3, -0.25) is 0 Å². The molecule has 8 heteroatoms. The molecule has 0 aliphatic heterocycles. The molecule has 0 fully saturated rings. The summed E-state index contributed by atoms with van der Waals surface area (Å²) in [4.78, 5) is 14.2. The molecule has 1 aromatic heterocycles. The molecule has 19 heavy (non-hydrogen) atoms. The van der Waals surface area contributed by atoms with Crippen LogP contribution in [0.15, 0.2) is 30.7 Å². The molecule has 0 atom stereocenters. The lowest BCUT2D eigenvalue weighted by Gasteiger charge is -2.11. The van der Waals surface area contributed by atoms with Crippen molar-refractivity contribution in [2.24, 2.45) is 0 Å². The van der Waals surface area contributed by atoms with E-state index in [2.05, 4.69) is 4.98 Å². The third-order valence-electron chi connectivity index (χ3n) is 2.36. The summed E-state index contributed by atoms with van der Waals surface area (Å²) in [6, 6.07) is 3.26. The van der Waals surface area contributed by atoms with Gasteiger partial charge in [-0.2, -0.15) is 13.2 Å². The molecule has 1 aromatic carbocycles. The van der Waals surface area contributed by atoms with Gasteiger partial charge in [0.05, 0.1) is 10.6 Å². The second kappa shape index (κ2) is 4.58. The number of aromatic carboxylic acids is 1. The van der Waals surface area contributed by atoms with Crippen molar-refractivity contribution in [1.82, 2.24) is 9.55 Å². The fraction of sp³-hybridized carbons (Fsp3) is 0.0909. The highest BCUT2D eigenvalue weighted by atomic mass is 35.5. The average molecular weight is 291 g/mol. The SMILES string of the molecule is O=C(O)c1cn(-c2ccc(Cl)c(C(F)(F)F)c2)cn1. The van der Waals surface area contributed by atoms with E-state index in [4.69, 9.17) is 16.7 Å². The van der Waals surface area contributed by atoms with Crippen LogP contribution in [0.4, 0.5) is 13.2 Å². The molecular formula is C11H6ClF3N2O2. The number of carboxylic acid groups (broad SMARTS) is 1. The van der Waals surface area contributed by atoms with Gasteiger partial charge in [-0.1, -0.05) is 11.6 Å². The van der Waals surface area contributed by atoms with Gasteiger partial charge < -0.3 is 9.67 Å². The molecule has 100 valence electrons. The zero-order chi connectivity index (χ0) is 14.2. The van der Waals surface area contributed by atoms with Crippen LogP contribution in [0.2, 0.25) is 5.02 Å². The minimum Gasteiger partial charge on any atom is -0.476 e. The summed E-state index contributed by atoms with van der Waals surface area (Å²) >= 11 is 5.48. The standard InChI is InChI=1S/C11H6ClF3N2O2/c12-8-2-1-6(3-7(8)11(13,14)15)17-4-9(10(18)19)16-5-17/h1-5H,(H,18,19). The van der Waals surface area contributed by atoms with Crippen LogP contribution in [-0.2, 0) is 6.18 Å². The molecule has 2 aromatic rings. The molecule has 0 saturated heterocycles. The summed E-state index contributed by atoms with van der Waals surface area (Å²) in [6.45, 7) is 0. The number of carbonyl (C=O) groups is 1. The number of nitrogens with zero attached hydrogens (tertiary/aromatic N) is 2. The largest absolute Gasteiger partial charge is 0.476 e. The maximum Gasteiger partial charge on any atom is 0.417 e. The van der Waals surface area contributed by atoms with Crippen molar-refractivity contribution in [3.8, 4) is 5.69 Å². The maximum absolute atomic E-state index is 12.7. The smallest absolute Gasteiger partial charge is 0.417 e. The lowest BCUT2D eigenvalue weighted by molar-refractivity contribution is -0.137. The van der Waals surface area contributed by atoms with Crippen molar-refractivity contribution in [3.05, 3.63) is 47.0 Å². The van der Waals surface area contributed by atoms with Crippen LogP contribution < -0.4 is 0 Å². The zero-order valence-electron chi connectivity index (χ0n) is 9.15. The summed E-state index contributed by atoms with van der Waals surface area (Å²) < 4.78 is 39.2. The minimum atomic E-state index is -4.58. The van der Waals surface area contributed by atoms with E-state index in [1.54, 1.807) is 0 Å². The number of imidazole rings is 1. The van der Waals surface area contributed by atoms with Crippen LogP contribution in [0.5, 0.6) is 0 Å². The number of carboxylic acids is 1. The average Bonchev–Trinajstić information content (AvgIpc) is 2.77. The van der Waals surface area contributed by atoms with Gasteiger partial charge in [-0.05, 0) is 18.2 Å². The Bertz CT molecular complexity index is 637. The second-order valence-electron chi connectivity index (χ2n) is 3.63. The molecule has 0 aliphatic rings. The first kappa shape index (κ1) is 13.4. The molecule has 1 heterocycles. The number of halogens is 4. The fourth-order valence-corrected chi connectivity index (χ4v) is 1.69. The van der Waals surface area contributed by atoms with Crippen LogP contribution in [0, 0.1) is 0 Å². The second-order valence-corrected chi connectivity index (χ2v) is 4.04. The van der Waals surface area contributed by atoms with Gasteiger partial charge >= 0.3 is 12.1 Å². The third-order valence-corrected chi connectivity index (χ3v) is 2.68. The van der Waals surface area contributed by atoms with Crippen molar-refractivity contribution in [1.29, 1.82) is 0 Å². The lowest BCUT2D eigenvalue weighted by atomic mass is 10.2. The van der Waals surface area contributed by atoms with E-state index in [0.717, 1.165) is 24.7 Å². The van der Waals surface area contributed by atoms with Crippen molar-refractivity contribution in [2.75, 3.05) is 0 Å². The molecule has 1 N–H and O–H groups in total. The monoisotopic (exact) mass is 290 g/mol. The van der Waals surface area contributed by atoms with Gasteiger partial charge in [0.2, 0.25) is 0 Å². The Morgan fingerprint density at radius 1 is 1.37 bits per heavy atom. The first-order valence-electron chi connectivity index (χ1n) is 4.93. The van der Waals surface area contributed by atoms with Gasteiger partial charge in [0.1, 0.15) is 6.33 Å². The predicted molar refractivity (Wildman–Crippen MR) is 60.5 cm³/mol. The normalized spacial score (nSPS) is 11.6. The maximum atomic E-state index is 12.7. The number of alkyl halides is 3. The number of hydrogen-bond acceptors (Lipinski definition) is 2. The van der Waals surface area contributed by atoms with Crippen LogP contribution in [-0.4, -0.2) is 20.6 Å². The van der Waals surface area contributed by atoms with Crippen LogP contribution >= 0.6 is 11.6 Å². The zero-order valence-corrected chi connectivity index (χ0v) is 9.90. The number of benzene rings is 1. The Morgan fingerprint density at radius 3 is 2.58 bits per heavy atom. The van der Waals surface area contributed by atoms with Gasteiger partial charge in [0.15, 0.2) is 5.69 Å². The molecule has 0 aliphatic carbocycles. The van der Waals surface area contributed by atoms with Gasteiger partial charge in [-0.25, -0.2) is 9.78 Å². The fourth-order valence-electron chi connectivity index (χ4n) is 1.47. The van der Waals surface area contributed by atoms with Crippen molar-refractivity contribution in [2.45, 2.75) is 6.18 Å².